The molecule has 1 atom stereocenters. The maximum absolute atomic E-state index is 13.2. The SMILES string of the molecule is Cc1ccc(-c2cc(C(=O)N[C@H](C)c3cnn(C)c3Cl)cc(C(=O)N3CCCC3)c2)cc1. The number of hydrogen-bond donors (Lipinski definition) is 1. The van der Waals surface area contributed by atoms with Crippen molar-refractivity contribution in [2.45, 2.75) is 32.7 Å². The van der Waals surface area contributed by atoms with Crippen molar-refractivity contribution in [1.29, 1.82) is 0 Å². The van der Waals surface area contributed by atoms with Crippen molar-refractivity contribution in [2.75, 3.05) is 13.1 Å². The van der Waals surface area contributed by atoms with Crippen LogP contribution in [0.4, 0.5) is 0 Å². The van der Waals surface area contributed by atoms with E-state index in [1.165, 1.54) is 0 Å². The zero-order chi connectivity index (χ0) is 22.8. The van der Waals surface area contributed by atoms with E-state index < -0.39 is 0 Å². The number of carbonyl (C=O) groups is 2. The Kier molecular flexibility index (Phi) is 6.33. The number of benzene rings is 2. The minimum atomic E-state index is -0.329. The van der Waals surface area contributed by atoms with Crippen LogP contribution >= 0.6 is 11.6 Å². The third-order valence-corrected chi connectivity index (χ3v) is 6.39. The summed E-state index contributed by atoms with van der Waals surface area (Å²) in [6, 6.07) is 13.1. The number of carbonyl (C=O) groups excluding carboxylic acids is 2. The first-order valence-corrected chi connectivity index (χ1v) is 11.2. The summed E-state index contributed by atoms with van der Waals surface area (Å²) in [6.07, 6.45) is 3.68. The molecule has 1 aliphatic rings. The lowest BCUT2D eigenvalue weighted by Gasteiger charge is -2.18. The van der Waals surface area contributed by atoms with E-state index in [1.807, 2.05) is 55.1 Å². The number of nitrogens with one attached hydrogen (secondary N) is 1. The van der Waals surface area contributed by atoms with Crippen LogP contribution in [0.25, 0.3) is 11.1 Å². The van der Waals surface area contributed by atoms with Gasteiger partial charge in [-0.3, -0.25) is 14.3 Å². The average Bonchev–Trinajstić information content (AvgIpc) is 3.44. The molecule has 0 spiro atoms. The van der Waals surface area contributed by atoms with Gasteiger partial charge in [0.05, 0.1) is 12.2 Å². The molecule has 32 heavy (non-hydrogen) atoms. The molecule has 2 heterocycles. The summed E-state index contributed by atoms with van der Waals surface area (Å²) in [4.78, 5) is 28.1. The van der Waals surface area contributed by atoms with Crippen LogP contribution in [0.2, 0.25) is 5.15 Å². The van der Waals surface area contributed by atoms with Gasteiger partial charge in [0.1, 0.15) is 5.15 Å². The highest BCUT2D eigenvalue weighted by Crippen LogP contribution is 2.26. The maximum atomic E-state index is 13.2. The smallest absolute Gasteiger partial charge is 0.253 e. The van der Waals surface area contributed by atoms with Crippen molar-refractivity contribution in [3.63, 3.8) is 0 Å². The Morgan fingerprint density at radius 1 is 1.03 bits per heavy atom. The molecule has 4 rings (SSSR count). The van der Waals surface area contributed by atoms with Gasteiger partial charge in [0.15, 0.2) is 0 Å². The maximum Gasteiger partial charge on any atom is 0.253 e. The van der Waals surface area contributed by atoms with Gasteiger partial charge >= 0.3 is 0 Å². The van der Waals surface area contributed by atoms with Gasteiger partial charge in [0, 0.05) is 36.8 Å². The van der Waals surface area contributed by atoms with Gasteiger partial charge in [-0.15, -0.1) is 0 Å². The Bertz CT molecular complexity index is 1150. The van der Waals surface area contributed by atoms with Gasteiger partial charge in [0.2, 0.25) is 0 Å². The zero-order valence-electron chi connectivity index (χ0n) is 18.6. The van der Waals surface area contributed by atoms with Gasteiger partial charge in [-0.2, -0.15) is 5.10 Å². The predicted molar refractivity (Wildman–Crippen MR) is 126 cm³/mol. The van der Waals surface area contributed by atoms with Gasteiger partial charge in [-0.05, 0) is 56.0 Å². The number of amides is 2. The minimum Gasteiger partial charge on any atom is -0.345 e. The van der Waals surface area contributed by atoms with Crippen LogP contribution in [0.3, 0.4) is 0 Å². The average molecular weight is 451 g/mol. The monoisotopic (exact) mass is 450 g/mol. The fraction of sp³-hybridized carbons (Fsp3) is 0.320. The van der Waals surface area contributed by atoms with Crippen LogP contribution in [0.5, 0.6) is 0 Å². The predicted octanol–water partition coefficient (Wildman–Crippen LogP) is 4.78. The third-order valence-electron chi connectivity index (χ3n) is 5.93. The quantitative estimate of drug-likeness (QED) is 0.608. The lowest BCUT2D eigenvalue weighted by Crippen LogP contribution is -2.29. The highest BCUT2D eigenvalue weighted by molar-refractivity contribution is 6.30. The Morgan fingerprint density at radius 2 is 1.69 bits per heavy atom. The van der Waals surface area contributed by atoms with E-state index >= 15 is 0 Å². The number of aromatic nitrogens is 2. The second-order valence-electron chi connectivity index (χ2n) is 8.37. The molecule has 0 unspecified atom stereocenters. The first-order chi connectivity index (χ1) is 15.3. The second-order valence-corrected chi connectivity index (χ2v) is 8.73. The molecule has 0 aliphatic carbocycles. The number of nitrogens with zero attached hydrogens (tertiary/aromatic N) is 3. The fourth-order valence-electron chi connectivity index (χ4n) is 3.99. The van der Waals surface area contributed by atoms with Crippen molar-refractivity contribution >= 4 is 23.4 Å². The van der Waals surface area contributed by atoms with Crippen LogP contribution < -0.4 is 5.32 Å². The molecule has 6 nitrogen and oxygen atoms in total. The number of aryl methyl sites for hydroxylation is 2. The summed E-state index contributed by atoms with van der Waals surface area (Å²) in [7, 11) is 1.75. The van der Waals surface area contributed by atoms with Crippen molar-refractivity contribution in [1.82, 2.24) is 20.0 Å². The molecule has 1 fully saturated rings. The Hall–Kier alpha value is -3.12. The van der Waals surface area contributed by atoms with Crippen LogP contribution in [0.15, 0.2) is 48.7 Å². The molecule has 2 amide bonds. The van der Waals surface area contributed by atoms with Crippen molar-refractivity contribution in [3.8, 4) is 11.1 Å². The van der Waals surface area contributed by atoms with E-state index in [2.05, 4.69) is 10.4 Å². The molecule has 3 aromatic rings. The highest BCUT2D eigenvalue weighted by atomic mass is 35.5. The molecule has 166 valence electrons. The summed E-state index contributed by atoms with van der Waals surface area (Å²) in [6.45, 7) is 5.40. The molecule has 0 radical (unpaired) electrons. The lowest BCUT2D eigenvalue weighted by atomic mass is 9.98. The molecule has 2 aromatic carbocycles. The first-order valence-electron chi connectivity index (χ1n) is 10.8. The lowest BCUT2D eigenvalue weighted by molar-refractivity contribution is 0.0793. The Labute approximate surface area is 193 Å². The van der Waals surface area contributed by atoms with E-state index in [4.69, 9.17) is 11.6 Å². The molecule has 0 saturated carbocycles. The van der Waals surface area contributed by atoms with Gasteiger partial charge < -0.3 is 10.2 Å². The fourth-order valence-corrected chi connectivity index (χ4v) is 4.24. The topological polar surface area (TPSA) is 67.2 Å². The zero-order valence-corrected chi connectivity index (χ0v) is 19.3. The van der Waals surface area contributed by atoms with E-state index in [0.29, 0.717) is 16.3 Å². The third kappa shape index (κ3) is 4.55. The number of hydrogen-bond acceptors (Lipinski definition) is 3. The Balaban J connectivity index is 1.67. The summed E-state index contributed by atoms with van der Waals surface area (Å²) in [5.74, 6) is -0.296. The molecule has 7 heteroatoms. The summed E-state index contributed by atoms with van der Waals surface area (Å²) >= 11 is 6.29. The number of halogens is 1. The summed E-state index contributed by atoms with van der Waals surface area (Å²) in [5, 5.41) is 7.61. The van der Waals surface area contributed by atoms with Gasteiger partial charge in [0.25, 0.3) is 11.8 Å². The van der Waals surface area contributed by atoms with Gasteiger partial charge in [-0.25, -0.2) is 0 Å². The van der Waals surface area contributed by atoms with Crippen LogP contribution in [-0.2, 0) is 7.05 Å². The molecule has 1 N–H and O–H groups in total. The highest BCUT2D eigenvalue weighted by Gasteiger charge is 2.23. The molecule has 1 aliphatic heterocycles. The molecule has 1 saturated heterocycles. The van der Waals surface area contributed by atoms with Crippen molar-refractivity contribution in [2.24, 2.45) is 7.05 Å². The van der Waals surface area contributed by atoms with E-state index in [-0.39, 0.29) is 17.9 Å². The van der Waals surface area contributed by atoms with Crippen LogP contribution in [0, 0.1) is 6.92 Å². The van der Waals surface area contributed by atoms with Crippen LogP contribution in [0.1, 0.15) is 57.7 Å². The van der Waals surface area contributed by atoms with Crippen molar-refractivity contribution < 1.29 is 9.59 Å². The summed E-state index contributed by atoms with van der Waals surface area (Å²) in [5.41, 5.74) is 4.67. The first kappa shape index (κ1) is 22.1. The van der Waals surface area contributed by atoms with E-state index in [1.54, 1.807) is 24.0 Å². The molecular weight excluding hydrogens is 424 g/mol. The molecule has 0 bridgehead atoms. The van der Waals surface area contributed by atoms with Crippen LogP contribution in [-0.4, -0.2) is 39.6 Å². The Morgan fingerprint density at radius 3 is 2.31 bits per heavy atom. The summed E-state index contributed by atoms with van der Waals surface area (Å²) < 4.78 is 1.56. The van der Waals surface area contributed by atoms with E-state index in [9.17, 15) is 9.59 Å². The standard InChI is InChI=1S/C25H27ClN4O2/c1-16-6-8-18(9-7-16)19-12-20(14-21(13-19)25(32)30-10-4-5-11-30)24(31)28-17(2)22-15-27-29(3)23(22)26/h6-9,12-15,17H,4-5,10-11H2,1-3H3,(H,28,31)/t17-/m1/s1. The van der Waals surface area contributed by atoms with Gasteiger partial charge in [-0.1, -0.05) is 41.4 Å². The van der Waals surface area contributed by atoms with Crippen molar-refractivity contribution in [3.05, 3.63) is 76.1 Å². The second kappa shape index (κ2) is 9.17. The number of likely N-dealkylation sites (tertiary alicyclic amines) is 1. The molecular formula is C25H27ClN4O2. The van der Waals surface area contributed by atoms with E-state index in [0.717, 1.165) is 48.2 Å². The largest absolute Gasteiger partial charge is 0.345 e. The minimum absolute atomic E-state index is 0.0335. The normalized spacial score (nSPS) is 14.4. The number of rotatable bonds is 5. The molecule has 1 aromatic heterocycles.